The largest absolute Gasteiger partial charge is 0.299 e. The molecule has 1 aliphatic carbocycles. The predicted molar refractivity (Wildman–Crippen MR) is 123 cm³/mol. The van der Waals surface area contributed by atoms with Crippen LogP contribution in [0.5, 0.6) is 0 Å². The van der Waals surface area contributed by atoms with E-state index in [0.717, 1.165) is 36.4 Å². The first-order valence-electron chi connectivity index (χ1n) is 10.9. The Labute approximate surface area is 189 Å². The van der Waals surface area contributed by atoms with Crippen molar-refractivity contribution in [2.24, 2.45) is 0 Å². The van der Waals surface area contributed by atoms with Gasteiger partial charge in [0.15, 0.2) is 11.0 Å². The summed E-state index contributed by atoms with van der Waals surface area (Å²) >= 11 is 1.49. The van der Waals surface area contributed by atoms with E-state index in [1.54, 1.807) is 28.8 Å². The third kappa shape index (κ3) is 4.07. The Balaban J connectivity index is 1.48. The zero-order chi connectivity index (χ0) is 22.1. The lowest BCUT2D eigenvalue weighted by Crippen LogP contribution is -2.16. The van der Waals surface area contributed by atoms with Crippen molar-refractivity contribution in [1.29, 1.82) is 0 Å². The summed E-state index contributed by atoms with van der Waals surface area (Å²) in [7, 11) is 0. The topological polar surface area (TPSA) is 65.1 Å². The highest BCUT2D eigenvalue weighted by molar-refractivity contribution is 7.98. The Morgan fingerprint density at radius 1 is 1.09 bits per heavy atom. The van der Waals surface area contributed by atoms with Crippen molar-refractivity contribution in [1.82, 2.24) is 24.1 Å². The lowest BCUT2D eigenvalue weighted by atomic mass is 9.95. The van der Waals surface area contributed by atoms with E-state index >= 15 is 0 Å². The van der Waals surface area contributed by atoms with Crippen LogP contribution in [0.1, 0.15) is 49.4 Å². The van der Waals surface area contributed by atoms with Crippen molar-refractivity contribution >= 4 is 17.4 Å². The van der Waals surface area contributed by atoms with Crippen LogP contribution in [0.4, 0.5) is 4.39 Å². The molecule has 3 aromatic heterocycles. The van der Waals surface area contributed by atoms with Gasteiger partial charge in [0.25, 0.3) is 5.56 Å². The van der Waals surface area contributed by atoms with Gasteiger partial charge in [0.05, 0.1) is 11.3 Å². The van der Waals surface area contributed by atoms with Gasteiger partial charge in [-0.2, -0.15) is 0 Å². The summed E-state index contributed by atoms with van der Waals surface area (Å²) in [5.74, 6) is 0.759. The average Bonchev–Trinajstić information content (AvgIpc) is 3.23. The van der Waals surface area contributed by atoms with Crippen LogP contribution >= 0.6 is 11.8 Å². The maximum Gasteiger partial charge on any atom is 0.258 e. The van der Waals surface area contributed by atoms with Gasteiger partial charge in [0.1, 0.15) is 11.5 Å². The summed E-state index contributed by atoms with van der Waals surface area (Å²) in [5, 5.41) is 9.53. The van der Waals surface area contributed by atoms with Crippen LogP contribution in [-0.4, -0.2) is 24.1 Å². The Hall–Kier alpha value is -3.00. The number of rotatable bonds is 5. The van der Waals surface area contributed by atoms with E-state index in [1.807, 2.05) is 25.1 Å². The summed E-state index contributed by atoms with van der Waals surface area (Å²) in [5.41, 5.74) is 2.68. The standard InChI is InChI=1S/C24H24FN5OS/c1-16-11-12-21-26-17(13-22(31)29(21)14-16)15-32-24-28-27-23(19-9-5-6-10-20(19)25)30(24)18-7-3-2-4-8-18/h5-6,9-14,18H,2-4,7-8,15H2,1H3. The molecular formula is C24H24FN5OS. The summed E-state index contributed by atoms with van der Waals surface area (Å²) in [4.78, 5) is 17.2. The zero-order valence-corrected chi connectivity index (χ0v) is 18.7. The molecule has 6 nitrogen and oxygen atoms in total. The third-order valence-corrected chi connectivity index (χ3v) is 6.91. The van der Waals surface area contributed by atoms with E-state index in [1.165, 1.54) is 24.2 Å². The Morgan fingerprint density at radius 2 is 1.91 bits per heavy atom. The quantitative estimate of drug-likeness (QED) is 0.392. The highest BCUT2D eigenvalue weighted by atomic mass is 32.2. The van der Waals surface area contributed by atoms with E-state index in [0.29, 0.717) is 28.5 Å². The summed E-state index contributed by atoms with van der Waals surface area (Å²) in [6.45, 7) is 1.95. The number of hydrogen-bond acceptors (Lipinski definition) is 5. The fourth-order valence-electron chi connectivity index (χ4n) is 4.34. The molecule has 0 saturated heterocycles. The van der Waals surface area contributed by atoms with Crippen LogP contribution in [0.15, 0.2) is 58.6 Å². The lowest BCUT2D eigenvalue weighted by molar-refractivity contribution is 0.339. The zero-order valence-electron chi connectivity index (χ0n) is 17.9. The minimum atomic E-state index is -0.298. The van der Waals surface area contributed by atoms with Crippen LogP contribution in [-0.2, 0) is 5.75 Å². The first-order chi connectivity index (χ1) is 15.6. The van der Waals surface area contributed by atoms with Crippen molar-refractivity contribution < 1.29 is 4.39 Å². The predicted octanol–water partition coefficient (Wildman–Crippen LogP) is 5.20. The maximum absolute atomic E-state index is 14.6. The Morgan fingerprint density at radius 3 is 2.72 bits per heavy atom. The van der Waals surface area contributed by atoms with Gasteiger partial charge in [-0.15, -0.1) is 10.2 Å². The monoisotopic (exact) mass is 449 g/mol. The SMILES string of the molecule is Cc1ccc2nc(CSc3nnc(-c4ccccc4F)n3C3CCCCC3)cc(=O)n2c1. The maximum atomic E-state index is 14.6. The highest BCUT2D eigenvalue weighted by Crippen LogP contribution is 2.36. The molecule has 0 atom stereocenters. The number of aryl methyl sites for hydroxylation is 1. The van der Waals surface area contributed by atoms with Crippen molar-refractivity contribution in [2.45, 2.75) is 56.0 Å². The van der Waals surface area contributed by atoms with E-state index in [9.17, 15) is 9.18 Å². The number of benzene rings is 1. The molecule has 1 aliphatic rings. The molecule has 5 rings (SSSR count). The van der Waals surface area contributed by atoms with Gasteiger partial charge in [-0.25, -0.2) is 9.37 Å². The summed E-state index contributed by atoms with van der Waals surface area (Å²) < 4.78 is 18.2. The molecule has 0 amide bonds. The molecule has 0 N–H and O–H groups in total. The molecule has 0 aliphatic heterocycles. The normalized spacial score (nSPS) is 14.8. The second-order valence-corrected chi connectivity index (χ2v) is 9.20. The molecule has 32 heavy (non-hydrogen) atoms. The van der Waals surface area contributed by atoms with Gasteiger partial charge < -0.3 is 0 Å². The van der Waals surface area contributed by atoms with Crippen molar-refractivity contribution in [3.8, 4) is 11.4 Å². The van der Waals surface area contributed by atoms with Crippen LogP contribution in [0.3, 0.4) is 0 Å². The van der Waals surface area contributed by atoms with Gasteiger partial charge >= 0.3 is 0 Å². The molecule has 164 valence electrons. The van der Waals surface area contributed by atoms with Crippen LogP contribution < -0.4 is 5.56 Å². The number of pyridine rings is 1. The Kier molecular flexibility index (Phi) is 5.78. The first kappa shape index (κ1) is 20.9. The second kappa shape index (κ2) is 8.86. The molecule has 3 heterocycles. The van der Waals surface area contributed by atoms with Gasteiger partial charge in [-0.1, -0.05) is 49.2 Å². The van der Waals surface area contributed by atoms with E-state index in [-0.39, 0.29) is 17.4 Å². The third-order valence-electron chi connectivity index (χ3n) is 5.93. The molecule has 8 heteroatoms. The highest BCUT2D eigenvalue weighted by Gasteiger charge is 2.25. The minimum Gasteiger partial charge on any atom is -0.299 e. The number of thioether (sulfide) groups is 1. The fraction of sp³-hybridized carbons (Fsp3) is 0.333. The van der Waals surface area contributed by atoms with Gasteiger partial charge in [-0.05, 0) is 43.5 Å². The minimum absolute atomic E-state index is 0.102. The van der Waals surface area contributed by atoms with Crippen LogP contribution in [0.2, 0.25) is 0 Å². The molecule has 1 fully saturated rings. The molecular weight excluding hydrogens is 425 g/mol. The number of fused-ring (bicyclic) bond motifs is 1. The molecule has 1 aromatic carbocycles. The second-order valence-electron chi connectivity index (χ2n) is 8.26. The van der Waals surface area contributed by atoms with E-state index in [2.05, 4.69) is 19.7 Å². The molecule has 0 radical (unpaired) electrons. The van der Waals surface area contributed by atoms with E-state index in [4.69, 9.17) is 0 Å². The lowest BCUT2D eigenvalue weighted by Gasteiger charge is -2.25. The summed E-state index contributed by atoms with van der Waals surface area (Å²) in [6, 6.07) is 12.3. The van der Waals surface area contributed by atoms with Crippen molar-refractivity contribution in [3.05, 3.63) is 76.1 Å². The Bertz CT molecular complexity index is 1330. The molecule has 0 spiro atoms. The summed E-state index contributed by atoms with van der Waals surface area (Å²) in [6.07, 6.45) is 7.37. The van der Waals surface area contributed by atoms with Crippen LogP contribution in [0, 0.1) is 12.7 Å². The van der Waals surface area contributed by atoms with Crippen molar-refractivity contribution in [2.75, 3.05) is 0 Å². The molecule has 1 saturated carbocycles. The average molecular weight is 450 g/mol. The number of halogens is 1. The van der Waals surface area contributed by atoms with Gasteiger partial charge in [0, 0.05) is 24.1 Å². The molecule has 0 bridgehead atoms. The fourth-order valence-corrected chi connectivity index (χ4v) is 5.24. The number of nitrogens with zero attached hydrogens (tertiary/aromatic N) is 5. The first-order valence-corrected chi connectivity index (χ1v) is 11.9. The van der Waals surface area contributed by atoms with Gasteiger partial charge in [-0.3, -0.25) is 13.8 Å². The number of hydrogen-bond donors (Lipinski definition) is 0. The van der Waals surface area contributed by atoms with Crippen molar-refractivity contribution in [3.63, 3.8) is 0 Å². The van der Waals surface area contributed by atoms with Crippen LogP contribution in [0.25, 0.3) is 17.0 Å². The molecule has 4 aromatic rings. The number of aromatic nitrogens is 5. The van der Waals surface area contributed by atoms with Gasteiger partial charge in [0.2, 0.25) is 0 Å². The smallest absolute Gasteiger partial charge is 0.258 e. The van der Waals surface area contributed by atoms with E-state index < -0.39 is 0 Å². The molecule has 0 unspecified atom stereocenters.